The first-order valence-electron chi connectivity index (χ1n) is 35.9. The fraction of sp³-hybridized carbons (Fsp3) is 0.639. The topological polar surface area (TPSA) is 537 Å². The van der Waals surface area contributed by atoms with Crippen molar-refractivity contribution in [1.82, 2.24) is 34.4 Å². The van der Waals surface area contributed by atoms with Crippen molar-refractivity contribution in [2.45, 2.75) is 233 Å². The van der Waals surface area contributed by atoms with E-state index in [2.05, 4.69) is 32.2 Å². The molecule has 4 aromatic rings. The second-order valence-electron chi connectivity index (χ2n) is 31.1. The average Bonchev–Trinajstić information content (AvgIpc) is 1.53. The molecule has 18 N–H and O–H groups in total. The minimum Gasteiger partial charge on any atom is -0.683 e. The van der Waals surface area contributed by atoms with Gasteiger partial charge in [-0.2, -0.15) is 23.5 Å². The molecule has 0 spiro atoms. The zero-order valence-electron chi connectivity index (χ0n) is 62.3. The number of nitrogen functional groups attached to an aromatic ring is 1. The molecule has 8 bridgehead atoms. The third-order valence-corrected chi connectivity index (χ3v) is 24.6. The van der Waals surface area contributed by atoms with E-state index in [-0.39, 0.29) is 94.0 Å². The van der Waals surface area contributed by atoms with Crippen LogP contribution in [0.25, 0.3) is 43.5 Å². The largest absolute Gasteiger partial charge is 0.683 e. The molecule has 106 heavy (non-hydrogen) atoms. The summed E-state index contributed by atoms with van der Waals surface area (Å²) in [5, 5.41) is 47.0. The SMILES string of the molecule is C/C1=C2/[N-][C@@](C)([C@@H]3[N-][C@@H](/C(C)=C4\[N-]C(/C=C5\[N-][C@@H]1[C@@](C)(CC(N)=O)[C@@H]5CCC(N)=O)C(C)(C)[C@@H]4CCC(N)=O)[C@](C)(CCC(=O)NC[C@@H](C)OP(=O)(O)O[C@H]1[C@@H](O)[C@@H](n4cnc5cc(C)c(C)cc54)O[C@@H]1CO)[C@H]3CC(N)=O)[C@@](C)(CC(N)=O)[C@@H]2CCC(N)=O.[CH2-]CCCCn1cnc2c(N)ncnc21.[Co]. The van der Waals surface area contributed by atoms with Crippen molar-refractivity contribution in [2.24, 2.45) is 79.7 Å². The molecule has 6 aliphatic heterocycles. The molecular weight excluding hydrogens is 1430 g/mol. The van der Waals surface area contributed by atoms with E-state index in [9.17, 15) is 53.2 Å². The van der Waals surface area contributed by atoms with E-state index in [4.69, 9.17) is 75.2 Å². The Morgan fingerprint density at radius 3 is 2.00 bits per heavy atom. The van der Waals surface area contributed by atoms with Crippen molar-refractivity contribution in [3.05, 3.63) is 105 Å². The van der Waals surface area contributed by atoms with Crippen molar-refractivity contribution < 1.29 is 83.8 Å². The number of amides is 7. The molecular formula is C72H106CoN18O14P-5. The molecule has 5 fully saturated rings. The summed E-state index contributed by atoms with van der Waals surface area (Å²) in [6.45, 7) is 24.2. The van der Waals surface area contributed by atoms with Gasteiger partial charge in [-0.3, -0.25) is 42.6 Å². The molecule has 3 aromatic heterocycles. The summed E-state index contributed by atoms with van der Waals surface area (Å²) >= 11 is 0. The predicted octanol–water partition coefficient (Wildman–Crippen LogP) is 6.26. The number of hydrogen-bond acceptors (Lipinski definition) is 18. The quantitative estimate of drug-likeness (QED) is 0.0156. The van der Waals surface area contributed by atoms with Crippen LogP contribution in [0.1, 0.15) is 170 Å². The van der Waals surface area contributed by atoms with Crippen LogP contribution in [0.3, 0.4) is 0 Å². The van der Waals surface area contributed by atoms with Crippen LogP contribution >= 0.6 is 7.82 Å². The van der Waals surface area contributed by atoms with Crippen molar-refractivity contribution in [1.29, 1.82) is 0 Å². The third kappa shape index (κ3) is 17.0. The maximum atomic E-state index is 14.4. The van der Waals surface area contributed by atoms with Crippen LogP contribution in [0, 0.1) is 66.1 Å². The van der Waals surface area contributed by atoms with Crippen molar-refractivity contribution in [3.63, 3.8) is 0 Å². The smallest absolute Gasteiger partial charge is 0.472 e. The molecule has 34 heteroatoms. The second kappa shape index (κ2) is 33.1. The van der Waals surface area contributed by atoms with Gasteiger partial charge in [0.2, 0.25) is 41.4 Å². The number of aromatic nitrogens is 6. The van der Waals surface area contributed by atoms with Gasteiger partial charge in [0.25, 0.3) is 0 Å². The molecule has 6 aliphatic rings. The van der Waals surface area contributed by atoms with Crippen molar-refractivity contribution >= 4 is 77.2 Å². The number of aryl methyl sites for hydroxylation is 3. The number of benzene rings is 1. The van der Waals surface area contributed by atoms with Gasteiger partial charge < -0.3 is 103 Å². The van der Waals surface area contributed by atoms with Crippen molar-refractivity contribution in [3.8, 4) is 0 Å². The molecule has 5 saturated heterocycles. The number of phosphoric acid groups is 1. The molecule has 7 amide bonds. The number of unbranched alkanes of at least 4 members (excludes halogenated alkanes) is 2. The minimum atomic E-state index is -5.06. The number of aliphatic hydroxyl groups is 2. The number of aliphatic hydroxyl groups excluding tert-OH is 2. The van der Waals surface area contributed by atoms with Crippen molar-refractivity contribution in [2.75, 3.05) is 18.9 Å². The van der Waals surface area contributed by atoms with E-state index in [0.29, 0.717) is 50.6 Å². The van der Waals surface area contributed by atoms with Crippen LogP contribution in [-0.4, -0.2) is 153 Å². The van der Waals surface area contributed by atoms with Gasteiger partial charge in [0.05, 0.1) is 36.4 Å². The van der Waals surface area contributed by atoms with Crippen LogP contribution in [-0.2, 0) is 75.2 Å². The monoisotopic (exact) mass is 1540 g/mol. The zero-order chi connectivity index (χ0) is 77.4. The summed E-state index contributed by atoms with van der Waals surface area (Å²) in [5.74, 6) is -6.55. The zero-order valence-corrected chi connectivity index (χ0v) is 64.3. The fourth-order valence-electron chi connectivity index (χ4n) is 17.6. The van der Waals surface area contributed by atoms with Crippen LogP contribution in [0.4, 0.5) is 5.82 Å². The van der Waals surface area contributed by atoms with Gasteiger partial charge in [0.1, 0.15) is 30.2 Å². The van der Waals surface area contributed by atoms with Gasteiger partial charge in [-0.1, -0.05) is 60.0 Å². The molecule has 32 nitrogen and oxygen atoms in total. The predicted molar refractivity (Wildman–Crippen MR) is 392 cm³/mol. The van der Waals surface area contributed by atoms with Crippen LogP contribution in [0.5, 0.6) is 0 Å². The number of imidazole rings is 2. The fourth-order valence-corrected chi connectivity index (χ4v) is 18.7. The van der Waals surface area contributed by atoms with Crippen LogP contribution in [0.2, 0.25) is 0 Å². The summed E-state index contributed by atoms with van der Waals surface area (Å²) in [6.07, 6.45) is 2.41. The first-order chi connectivity index (χ1) is 49.2. The Kier molecular flexibility index (Phi) is 26.2. The number of fused-ring (bicyclic) bond motifs is 11. The first kappa shape index (κ1) is 84.0. The van der Waals surface area contributed by atoms with Crippen LogP contribution in [0.15, 0.2) is 65.4 Å². The number of hydrogen-bond donors (Lipinski definition) is 11. The number of nitrogens with zero attached hydrogens (tertiary/aromatic N) is 10. The number of primary amides is 6. The van der Waals surface area contributed by atoms with E-state index in [1.54, 1.807) is 10.9 Å². The number of allylic oxidation sites excluding steroid dienone is 3. The third-order valence-electron chi connectivity index (χ3n) is 23.5. The normalized spacial score (nSPS) is 32.7. The minimum absolute atomic E-state index is 0. The summed E-state index contributed by atoms with van der Waals surface area (Å²) < 4.78 is 34.3. The maximum Gasteiger partial charge on any atom is 0.472 e. The number of nitrogens with one attached hydrogen (secondary N) is 1. The van der Waals surface area contributed by atoms with E-state index >= 15 is 0 Å². The van der Waals surface area contributed by atoms with Gasteiger partial charge in [-0.15, -0.1) is 34.8 Å². The molecule has 2 unspecified atom stereocenters. The van der Waals surface area contributed by atoms with Gasteiger partial charge in [0.15, 0.2) is 17.7 Å². The Bertz CT molecular complexity index is 4130. The van der Waals surface area contributed by atoms with E-state index in [1.807, 2.05) is 92.0 Å². The van der Waals surface area contributed by atoms with Gasteiger partial charge in [-0.05, 0) is 135 Å². The van der Waals surface area contributed by atoms with Gasteiger partial charge in [-0.25, -0.2) is 24.5 Å². The molecule has 10 rings (SSSR count). The maximum absolute atomic E-state index is 14.4. The van der Waals surface area contributed by atoms with Gasteiger partial charge >= 0.3 is 7.82 Å². The number of ether oxygens (including phenoxy) is 1. The van der Waals surface area contributed by atoms with E-state index in [0.717, 1.165) is 42.6 Å². The van der Waals surface area contributed by atoms with E-state index < -0.39 is 161 Å². The Balaban J connectivity index is 0.000000783. The molecule has 9 heterocycles. The number of carbonyl (C=O) groups is 7. The average molecular weight is 1540 g/mol. The Morgan fingerprint density at radius 2 is 1.39 bits per heavy atom. The molecule has 0 aliphatic carbocycles. The summed E-state index contributed by atoms with van der Waals surface area (Å²) in [5.41, 5.74) is 43.5. The summed E-state index contributed by atoms with van der Waals surface area (Å²) in [4.78, 5) is 121. The summed E-state index contributed by atoms with van der Waals surface area (Å²) in [6, 6.07) is 0.374. The molecule has 1 radical (unpaired) electrons. The van der Waals surface area contributed by atoms with E-state index in [1.165, 1.54) is 19.6 Å². The molecule has 587 valence electrons. The number of anilines is 1. The van der Waals surface area contributed by atoms with Crippen LogP contribution < -0.4 is 45.5 Å². The number of nitrogens with two attached hydrogens (primary N) is 7. The molecule has 0 saturated carbocycles. The Labute approximate surface area is 628 Å². The van der Waals surface area contributed by atoms with Gasteiger partial charge in [0, 0.05) is 74.8 Å². The second-order valence-corrected chi connectivity index (χ2v) is 32.4. The number of rotatable bonds is 30. The first-order valence-corrected chi connectivity index (χ1v) is 37.4. The Hall–Kier alpha value is -7.59. The number of phosphoric ester groups is 1. The standard InChI is InChI=1S/C62H92N13O14P.C10H14N5.Co/c1-29-20-39-40(21-30(29)2)75(28-70-39)57-52(84)53(41(27-76)87-57)89-90(85,86)88-31(3)26-69-49(83)18-19-59(8)37(22-46(66)80)56-62(11)61(10,25-48(68)82)36(14-17-45(65)79)51(74-62)33(5)55-60(9,24-47(67)81)34(12-15-43(63)77)38(71-55)23-42-58(6,7)35(13-16-44(64)78)50(72-42)32(4)54(59)73-56;1-2-3-4-5-15-7-14-8-9(11)12-6-13-10(8)15;/h20-21,23,28,31,34-37,41-42,52-57,76,84H,12-19,22,24-27H2,1-11H3,(H2,63,77)(H2,64,78)(H2,65,79)(H2,66,80)(H2,67,81)(H2,68,82)(H,69,83)(H,85,86);6-7H,1-5H2,(H2,11,12,13);/q-4;-1;/b38-23-,50-32-,51-33-;;/t31-,34-,35-,36-,37+,41-,42?,52-,53-,54+,55+,56-,57+,59-,60+,61+,62+;;/m1../s1. The molecule has 18 atom stereocenters. The molecule has 1 aromatic carbocycles. The Morgan fingerprint density at radius 1 is 0.764 bits per heavy atom. The summed E-state index contributed by atoms with van der Waals surface area (Å²) in [7, 11) is -5.06. The number of carbonyl (C=O) groups excluding carboxylic acids is 7.